The zero-order valence-electron chi connectivity index (χ0n) is 7.73. The lowest BCUT2D eigenvalue weighted by molar-refractivity contribution is 0.326. The van der Waals surface area contributed by atoms with E-state index in [0.717, 1.165) is 5.56 Å². The summed E-state index contributed by atoms with van der Waals surface area (Å²) in [5, 5.41) is 0. The van der Waals surface area contributed by atoms with E-state index in [2.05, 4.69) is 11.6 Å². The van der Waals surface area contributed by atoms with Crippen molar-refractivity contribution >= 4 is 0 Å². The molecule has 1 aromatic rings. The molecular weight excluding hydrogens is 164 g/mol. The van der Waals surface area contributed by atoms with Gasteiger partial charge in [-0.3, -0.25) is 0 Å². The van der Waals surface area contributed by atoms with Crippen molar-refractivity contribution in [2.75, 3.05) is 6.61 Å². The monoisotopic (exact) mass is 178 g/mol. The van der Waals surface area contributed by atoms with Gasteiger partial charge >= 0.3 is 0 Å². The number of hydrogen-bond donors (Lipinski definition) is 1. The zero-order valence-corrected chi connectivity index (χ0v) is 7.73. The van der Waals surface area contributed by atoms with Crippen molar-refractivity contribution in [2.45, 2.75) is 13.0 Å². The molecule has 70 valence electrons. The number of nitrogens with two attached hydrogens (primary N) is 1. The summed E-state index contributed by atoms with van der Waals surface area (Å²) in [4.78, 5) is 4.09. The summed E-state index contributed by atoms with van der Waals surface area (Å²) in [6.07, 6.45) is 3.38. The topological polar surface area (TPSA) is 48.1 Å². The number of ether oxygens (including phenoxy) is 1. The molecule has 0 unspecified atom stereocenters. The number of rotatable bonds is 4. The van der Waals surface area contributed by atoms with Gasteiger partial charge in [0.1, 0.15) is 0 Å². The van der Waals surface area contributed by atoms with Gasteiger partial charge in [0.15, 0.2) is 0 Å². The Hall–Kier alpha value is -1.35. The maximum absolute atomic E-state index is 5.72. The third kappa shape index (κ3) is 2.56. The first kappa shape index (κ1) is 9.74. The van der Waals surface area contributed by atoms with E-state index in [9.17, 15) is 0 Å². The SMILES string of the molecule is C=C[C@@H](N)c1ccc(OCC)nc1. The van der Waals surface area contributed by atoms with Crippen molar-refractivity contribution < 1.29 is 4.74 Å². The predicted molar refractivity (Wildman–Crippen MR) is 52.5 cm³/mol. The molecule has 1 atom stereocenters. The molecular formula is C10H14N2O. The highest BCUT2D eigenvalue weighted by atomic mass is 16.5. The summed E-state index contributed by atoms with van der Waals surface area (Å²) < 4.78 is 5.20. The van der Waals surface area contributed by atoms with E-state index in [1.165, 1.54) is 0 Å². The van der Waals surface area contributed by atoms with E-state index in [1.54, 1.807) is 12.3 Å². The first-order valence-corrected chi connectivity index (χ1v) is 4.24. The van der Waals surface area contributed by atoms with Crippen LogP contribution < -0.4 is 10.5 Å². The maximum atomic E-state index is 5.72. The second-order valence-corrected chi connectivity index (χ2v) is 2.62. The molecule has 0 aliphatic heterocycles. The standard InChI is InChI=1S/C10H14N2O/c1-3-9(11)8-5-6-10(12-7-8)13-4-2/h3,5-7,9H,1,4,11H2,2H3/t9-/m1/s1. The van der Waals surface area contributed by atoms with Crippen molar-refractivity contribution in [3.63, 3.8) is 0 Å². The minimum atomic E-state index is -0.150. The summed E-state index contributed by atoms with van der Waals surface area (Å²) in [5.41, 5.74) is 6.66. The molecule has 2 N–H and O–H groups in total. The highest BCUT2D eigenvalue weighted by Gasteiger charge is 2.01. The van der Waals surface area contributed by atoms with Crippen molar-refractivity contribution in [3.8, 4) is 5.88 Å². The Balaban J connectivity index is 2.74. The molecule has 0 aliphatic rings. The molecule has 0 saturated carbocycles. The Morgan fingerprint density at radius 3 is 2.92 bits per heavy atom. The third-order valence-electron chi connectivity index (χ3n) is 1.69. The Morgan fingerprint density at radius 2 is 2.46 bits per heavy atom. The second kappa shape index (κ2) is 4.62. The van der Waals surface area contributed by atoms with Crippen LogP contribution in [0, 0.1) is 0 Å². The molecule has 13 heavy (non-hydrogen) atoms. The van der Waals surface area contributed by atoms with Crippen molar-refractivity contribution in [2.24, 2.45) is 5.73 Å². The smallest absolute Gasteiger partial charge is 0.213 e. The number of nitrogens with zero attached hydrogens (tertiary/aromatic N) is 1. The van der Waals surface area contributed by atoms with Crippen LogP contribution in [0.5, 0.6) is 5.88 Å². The molecule has 0 aliphatic carbocycles. The molecule has 0 spiro atoms. The van der Waals surface area contributed by atoms with Crippen LogP contribution in [0.25, 0.3) is 0 Å². The Kier molecular flexibility index (Phi) is 3.46. The van der Waals surface area contributed by atoms with Gasteiger partial charge in [0.25, 0.3) is 0 Å². The Labute approximate surface area is 78.2 Å². The van der Waals surface area contributed by atoms with Crippen molar-refractivity contribution in [1.29, 1.82) is 0 Å². The molecule has 0 saturated heterocycles. The highest BCUT2D eigenvalue weighted by molar-refractivity contribution is 5.22. The van der Waals surface area contributed by atoms with Crippen LogP contribution in [0.3, 0.4) is 0 Å². The van der Waals surface area contributed by atoms with Gasteiger partial charge in [-0.2, -0.15) is 0 Å². The number of pyridine rings is 1. The fourth-order valence-corrected chi connectivity index (χ4v) is 0.958. The van der Waals surface area contributed by atoms with Gasteiger partial charge in [-0.1, -0.05) is 12.1 Å². The average molecular weight is 178 g/mol. The fourth-order valence-electron chi connectivity index (χ4n) is 0.958. The van der Waals surface area contributed by atoms with Gasteiger partial charge in [0.2, 0.25) is 5.88 Å². The van der Waals surface area contributed by atoms with E-state index >= 15 is 0 Å². The van der Waals surface area contributed by atoms with Gasteiger partial charge in [-0.15, -0.1) is 6.58 Å². The van der Waals surface area contributed by atoms with Crippen molar-refractivity contribution in [3.05, 3.63) is 36.5 Å². The number of hydrogen-bond acceptors (Lipinski definition) is 3. The van der Waals surface area contributed by atoms with Gasteiger partial charge in [0.05, 0.1) is 6.61 Å². The van der Waals surface area contributed by atoms with Gasteiger partial charge < -0.3 is 10.5 Å². The van der Waals surface area contributed by atoms with Crippen molar-refractivity contribution in [1.82, 2.24) is 4.98 Å². The van der Waals surface area contributed by atoms with Crippen LogP contribution >= 0.6 is 0 Å². The molecule has 3 heteroatoms. The summed E-state index contributed by atoms with van der Waals surface area (Å²) in [6.45, 7) is 6.16. The lowest BCUT2D eigenvalue weighted by Crippen LogP contribution is -2.06. The minimum absolute atomic E-state index is 0.150. The first-order valence-electron chi connectivity index (χ1n) is 4.24. The van der Waals surface area contributed by atoms with Gasteiger partial charge in [0, 0.05) is 18.3 Å². The highest BCUT2D eigenvalue weighted by Crippen LogP contribution is 2.13. The average Bonchev–Trinajstić information content (AvgIpc) is 2.18. The van der Waals surface area contributed by atoms with Crippen LogP contribution in [0.2, 0.25) is 0 Å². The molecule has 0 radical (unpaired) electrons. The molecule has 0 fully saturated rings. The summed E-state index contributed by atoms with van der Waals surface area (Å²) >= 11 is 0. The quantitative estimate of drug-likeness (QED) is 0.713. The number of aromatic nitrogens is 1. The third-order valence-corrected chi connectivity index (χ3v) is 1.69. The van der Waals surface area contributed by atoms with Gasteiger partial charge in [-0.25, -0.2) is 4.98 Å². The molecule has 3 nitrogen and oxygen atoms in total. The van der Waals surface area contributed by atoms with Crippen LogP contribution in [0.15, 0.2) is 31.0 Å². The molecule has 1 heterocycles. The molecule has 0 bridgehead atoms. The molecule has 1 rings (SSSR count). The summed E-state index contributed by atoms with van der Waals surface area (Å²) in [7, 11) is 0. The lowest BCUT2D eigenvalue weighted by atomic mass is 10.1. The Bertz CT molecular complexity index is 269. The molecule has 0 aromatic carbocycles. The summed E-state index contributed by atoms with van der Waals surface area (Å²) in [6, 6.07) is 3.55. The zero-order chi connectivity index (χ0) is 9.68. The van der Waals surface area contributed by atoms with E-state index in [-0.39, 0.29) is 6.04 Å². The van der Waals surface area contributed by atoms with E-state index in [4.69, 9.17) is 10.5 Å². The minimum Gasteiger partial charge on any atom is -0.478 e. The van der Waals surface area contributed by atoms with E-state index in [1.807, 2.05) is 19.1 Å². The van der Waals surface area contributed by atoms with Crippen LogP contribution in [-0.4, -0.2) is 11.6 Å². The van der Waals surface area contributed by atoms with E-state index < -0.39 is 0 Å². The van der Waals surface area contributed by atoms with E-state index in [0.29, 0.717) is 12.5 Å². The second-order valence-electron chi connectivity index (χ2n) is 2.62. The van der Waals surface area contributed by atoms with Crippen LogP contribution in [0.1, 0.15) is 18.5 Å². The van der Waals surface area contributed by atoms with Crippen LogP contribution in [0.4, 0.5) is 0 Å². The predicted octanol–water partition coefficient (Wildman–Crippen LogP) is 1.67. The molecule has 0 amide bonds. The molecule has 1 aromatic heterocycles. The maximum Gasteiger partial charge on any atom is 0.213 e. The Morgan fingerprint density at radius 1 is 1.69 bits per heavy atom. The largest absolute Gasteiger partial charge is 0.478 e. The van der Waals surface area contributed by atoms with Crippen LogP contribution in [-0.2, 0) is 0 Å². The normalized spacial score (nSPS) is 12.2. The van der Waals surface area contributed by atoms with Gasteiger partial charge in [-0.05, 0) is 12.5 Å². The summed E-state index contributed by atoms with van der Waals surface area (Å²) in [5.74, 6) is 0.627. The fraction of sp³-hybridized carbons (Fsp3) is 0.300. The lowest BCUT2D eigenvalue weighted by Gasteiger charge is -2.06. The first-order chi connectivity index (χ1) is 6.27.